The minimum atomic E-state index is -0.200. The van der Waals surface area contributed by atoms with Crippen LogP contribution in [0.2, 0.25) is 0 Å². The summed E-state index contributed by atoms with van der Waals surface area (Å²) in [6.45, 7) is 7.04. The first-order chi connectivity index (χ1) is 13.0. The zero-order chi connectivity index (χ0) is 19.2. The Bertz CT molecular complexity index is 994. The summed E-state index contributed by atoms with van der Waals surface area (Å²) in [4.78, 5) is 16.6. The zero-order valence-electron chi connectivity index (χ0n) is 15.7. The average Bonchev–Trinajstić information content (AvgIpc) is 3.07. The molecule has 1 aromatic carbocycles. The molecule has 0 aliphatic rings. The highest BCUT2D eigenvalue weighted by molar-refractivity contribution is 6.04. The Morgan fingerprint density at radius 3 is 2.81 bits per heavy atom. The van der Waals surface area contributed by atoms with E-state index in [0.717, 1.165) is 23.2 Å². The Labute approximate surface area is 159 Å². The summed E-state index contributed by atoms with van der Waals surface area (Å²) in [7, 11) is 0. The molecule has 3 aromatic rings. The van der Waals surface area contributed by atoms with E-state index < -0.39 is 0 Å². The van der Waals surface area contributed by atoms with Crippen molar-refractivity contribution in [3.05, 3.63) is 77.2 Å². The maximum absolute atomic E-state index is 12.6. The fourth-order valence-electron chi connectivity index (χ4n) is 2.57. The van der Waals surface area contributed by atoms with E-state index >= 15 is 0 Å². The van der Waals surface area contributed by atoms with Crippen LogP contribution in [0.5, 0.6) is 0 Å². The molecule has 0 saturated heterocycles. The largest absolute Gasteiger partial charge is 0.305 e. The molecule has 0 unspecified atom stereocenters. The molecule has 5 nitrogen and oxygen atoms in total. The van der Waals surface area contributed by atoms with E-state index in [4.69, 9.17) is 0 Å². The van der Waals surface area contributed by atoms with E-state index in [-0.39, 0.29) is 5.91 Å². The molecule has 2 aromatic heterocycles. The van der Waals surface area contributed by atoms with Gasteiger partial charge in [0.25, 0.3) is 5.91 Å². The lowest BCUT2D eigenvalue weighted by Gasteiger charge is -2.06. The lowest BCUT2D eigenvalue weighted by Crippen LogP contribution is -2.13. The second-order valence-electron chi connectivity index (χ2n) is 6.79. The molecule has 1 N–H and O–H groups in total. The van der Waals surface area contributed by atoms with Crippen LogP contribution in [0, 0.1) is 24.7 Å². The third-order valence-corrected chi connectivity index (χ3v) is 3.94. The van der Waals surface area contributed by atoms with Gasteiger partial charge in [0.05, 0.1) is 0 Å². The molecule has 136 valence electrons. The number of benzene rings is 1. The molecule has 0 spiro atoms. The number of aryl methyl sites for hydroxylation is 1. The molecule has 3 rings (SSSR count). The SMILES string of the molecule is Cc1ccc(C(=O)Nc2ccn(CC(C)C)n2)cc1C#Cc1cccnc1. The highest BCUT2D eigenvalue weighted by Gasteiger charge is 2.10. The first kappa shape index (κ1) is 18.4. The number of nitrogens with one attached hydrogen (secondary N) is 1. The number of pyridine rings is 1. The number of rotatable bonds is 4. The molecular weight excluding hydrogens is 336 g/mol. The van der Waals surface area contributed by atoms with Crippen molar-refractivity contribution in [2.24, 2.45) is 5.92 Å². The summed E-state index contributed by atoms with van der Waals surface area (Å²) >= 11 is 0. The Hall–Kier alpha value is -3.39. The van der Waals surface area contributed by atoms with Gasteiger partial charge in [0.1, 0.15) is 0 Å². The summed E-state index contributed by atoms with van der Waals surface area (Å²) in [6, 6.07) is 11.1. The number of anilines is 1. The number of carbonyl (C=O) groups is 1. The average molecular weight is 358 g/mol. The Kier molecular flexibility index (Phi) is 5.68. The second-order valence-corrected chi connectivity index (χ2v) is 6.79. The molecule has 0 aliphatic carbocycles. The Morgan fingerprint density at radius 1 is 1.22 bits per heavy atom. The van der Waals surface area contributed by atoms with Crippen LogP contribution >= 0.6 is 0 Å². The van der Waals surface area contributed by atoms with Gasteiger partial charge in [-0.05, 0) is 42.7 Å². The number of hydrogen-bond donors (Lipinski definition) is 1. The molecule has 27 heavy (non-hydrogen) atoms. The van der Waals surface area contributed by atoms with Gasteiger partial charge in [-0.1, -0.05) is 31.8 Å². The number of hydrogen-bond acceptors (Lipinski definition) is 3. The van der Waals surface area contributed by atoms with Crippen molar-refractivity contribution in [1.82, 2.24) is 14.8 Å². The van der Waals surface area contributed by atoms with Gasteiger partial charge in [-0.3, -0.25) is 14.5 Å². The van der Waals surface area contributed by atoms with Crippen molar-refractivity contribution in [2.45, 2.75) is 27.3 Å². The van der Waals surface area contributed by atoms with Crippen LogP contribution in [-0.4, -0.2) is 20.7 Å². The first-order valence-corrected chi connectivity index (χ1v) is 8.89. The molecule has 0 radical (unpaired) electrons. The predicted molar refractivity (Wildman–Crippen MR) is 106 cm³/mol. The standard InChI is InChI=1S/C22H22N4O/c1-16(2)15-26-12-10-21(25-26)24-22(27)20-8-6-17(3)19(13-20)9-7-18-5-4-11-23-14-18/h4-6,8,10-14,16H,15H2,1-3H3,(H,24,25,27). The van der Waals surface area contributed by atoms with Crippen LogP contribution in [0.1, 0.15) is 40.9 Å². The summed E-state index contributed by atoms with van der Waals surface area (Å²) < 4.78 is 1.83. The van der Waals surface area contributed by atoms with Crippen LogP contribution in [0.4, 0.5) is 5.82 Å². The fourth-order valence-corrected chi connectivity index (χ4v) is 2.57. The minimum absolute atomic E-state index is 0.200. The van der Waals surface area contributed by atoms with Gasteiger partial charge in [0.15, 0.2) is 5.82 Å². The summed E-state index contributed by atoms with van der Waals surface area (Å²) in [5, 5.41) is 7.22. The number of nitrogens with zero attached hydrogens (tertiary/aromatic N) is 3. The van der Waals surface area contributed by atoms with E-state index in [0.29, 0.717) is 17.3 Å². The van der Waals surface area contributed by atoms with Crippen molar-refractivity contribution in [3.8, 4) is 11.8 Å². The Morgan fingerprint density at radius 2 is 2.07 bits per heavy atom. The fraction of sp³-hybridized carbons (Fsp3) is 0.227. The van der Waals surface area contributed by atoms with Crippen LogP contribution in [0.15, 0.2) is 55.0 Å². The molecule has 0 atom stereocenters. The molecule has 0 bridgehead atoms. The van der Waals surface area contributed by atoms with Gasteiger partial charge in [-0.15, -0.1) is 0 Å². The number of amides is 1. The van der Waals surface area contributed by atoms with Gasteiger partial charge in [-0.2, -0.15) is 5.10 Å². The van der Waals surface area contributed by atoms with Crippen molar-refractivity contribution < 1.29 is 4.79 Å². The minimum Gasteiger partial charge on any atom is -0.305 e. The van der Waals surface area contributed by atoms with Gasteiger partial charge < -0.3 is 5.32 Å². The maximum Gasteiger partial charge on any atom is 0.256 e. The molecule has 5 heteroatoms. The predicted octanol–water partition coefficient (Wildman–Crippen LogP) is 3.89. The van der Waals surface area contributed by atoms with E-state index in [9.17, 15) is 4.79 Å². The van der Waals surface area contributed by atoms with Crippen LogP contribution in [0.25, 0.3) is 0 Å². The van der Waals surface area contributed by atoms with Gasteiger partial charge in [0.2, 0.25) is 0 Å². The molecular formula is C22H22N4O. The molecule has 0 saturated carbocycles. The summed E-state index contributed by atoms with van der Waals surface area (Å²) in [5.74, 6) is 7.04. The van der Waals surface area contributed by atoms with E-state index in [1.165, 1.54) is 0 Å². The highest BCUT2D eigenvalue weighted by atomic mass is 16.1. The van der Waals surface area contributed by atoms with Crippen LogP contribution < -0.4 is 5.32 Å². The van der Waals surface area contributed by atoms with Gasteiger partial charge in [0, 0.05) is 47.9 Å². The van der Waals surface area contributed by atoms with Crippen molar-refractivity contribution >= 4 is 11.7 Å². The van der Waals surface area contributed by atoms with Crippen molar-refractivity contribution in [2.75, 3.05) is 5.32 Å². The quantitative estimate of drug-likeness (QED) is 0.720. The smallest absolute Gasteiger partial charge is 0.256 e. The zero-order valence-corrected chi connectivity index (χ0v) is 15.7. The number of carbonyl (C=O) groups excluding carboxylic acids is 1. The lowest BCUT2D eigenvalue weighted by molar-refractivity contribution is 0.102. The van der Waals surface area contributed by atoms with E-state index in [2.05, 4.69) is 41.1 Å². The van der Waals surface area contributed by atoms with E-state index in [1.807, 2.05) is 36.0 Å². The van der Waals surface area contributed by atoms with Crippen LogP contribution in [-0.2, 0) is 6.54 Å². The molecule has 0 aliphatic heterocycles. The monoisotopic (exact) mass is 358 g/mol. The molecule has 0 fully saturated rings. The lowest BCUT2D eigenvalue weighted by atomic mass is 10.0. The van der Waals surface area contributed by atoms with Crippen molar-refractivity contribution in [3.63, 3.8) is 0 Å². The third kappa shape index (κ3) is 5.05. The highest BCUT2D eigenvalue weighted by Crippen LogP contribution is 2.13. The van der Waals surface area contributed by atoms with E-state index in [1.54, 1.807) is 30.6 Å². The second kappa shape index (κ2) is 8.33. The van der Waals surface area contributed by atoms with Gasteiger partial charge in [-0.25, -0.2) is 0 Å². The maximum atomic E-state index is 12.6. The Balaban J connectivity index is 1.76. The molecule has 2 heterocycles. The van der Waals surface area contributed by atoms with Crippen molar-refractivity contribution in [1.29, 1.82) is 0 Å². The normalized spacial score (nSPS) is 10.4. The third-order valence-electron chi connectivity index (χ3n) is 3.94. The van der Waals surface area contributed by atoms with Crippen LogP contribution in [0.3, 0.4) is 0 Å². The topological polar surface area (TPSA) is 59.8 Å². The first-order valence-electron chi connectivity index (χ1n) is 8.89. The number of aromatic nitrogens is 3. The summed E-state index contributed by atoms with van der Waals surface area (Å²) in [6.07, 6.45) is 5.30. The van der Waals surface area contributed by atoms with Gasteiger partial charge >= 0.3 is 0 Å². The summed E-state index contributed by atoms with van der Waals surface area (Å²) in [5.41, 5.74) is 3.22. The molecule has 1 amide bonds.